The quantitative estimate of drug-likeness (QED) is 0.411. The van der Waals surface area contributed by atoms with Gasteiger partial charge in [0.15, 0.2) is 0 Å². The summed E-state index contributed by atoms with van der Waals surface area (Å²) in [6, 6.07) is 26.6. The highest BCUT2D eigenvalue weighted by atomic mass is 16.5. The maximum Gasteiger partial charge on any atom is 0.253 e. The van der Waals surface area contributed by atoms with Gasteiger partial charge < -0.3 is 19.3 Å². The minimum absolute atomic E-state index is 0.0895. The fourth-order valence-corrected chi connectivity index (χ4v) is 6.12. The number of rotatable bonds is 8. The maximum atomic E-state index is 13.5. The third-order valence-corrected chi connectivity index (χ3v) is 8.17. The van der Waals surface area contributed by atoms with Gasteiger partial charge in [0.25, 0.3) is 5.91 Å². The van der Waals surface area contributed by atoms with Gasteiger partial charge in [-0.1, -0.05) is 48.5 Å². The van der Waals surface area contributed by atoms with Crippen LogP contribution in [0.5, 0.6) is 11.5 Å². The largest absolute Gasteiger partial charge is 0.497 e. The van der Waals surface area contributed by atoms with Crippen LogP contribution in [0.1, 0.15) is 40.2 Å². The van der Waals surface area contributed by atoms with Gasteiger partial charge >= 0.3 is 0 Å². The zero-order chi connectivity index (χ0) is 25.6. The Morgan fingerprint density at radius 3 is 2.24 bits per heavy atom. The fraction of sp³-hybridized carbons (Fsp3) is 0.406. The molecule has 0 aliphatic carbocycles. The molecule has 0 N–H and O–H groups in total. The van der Waals surface area contributed by atoms with Crippen LogP contribution in [-0.2, 0) is 6.42 Å². The summed E-state index contributed by atoms with van der Waals surface area (Å²) < 4.78 is 11.0. The molecule has 0 radical (unpaired) electrons. The molecular formula is C32H38N2O3. The van der Waals surface area contributed by atoms with E-state index in [1.807, 2.05) is 41.3 Å². The van der Waals surface area contributed by atoms with Crippen molar-refractivity contribution in [3.63, 3.8) is 0 Å². The van der Waals surface area contributed by atoms with Gasteiger partial charge in [-0.3, -0.25) is 4.79 Å². The Hall–Kier alpha value is -3.31. The number of piperidine rings is 1. The Kier molecular flexibility index (Phi) is 8.10. The van der Waals surface area contributed by atoms with Crippen LogP contribution in [-0.4, -0.2) is 62.7 Å². The van der Waals surface area contributed by atoms with E-state index in [1.54, 1.807) is 14.2 Å². The van der Waals surface area contributed by atoms with Crippen molar-refractivity contribution in [3.8, 4) is 11.5 Å². The number of para-hydroxylation sites is 1. The molecule has 2 fully saturated rings. The summed E-state index contributed by atoms with van der Waals surface area (Å²) in [5.41, 5.74) is 3.36. The monoisotopic (exact) mass is 498 g/mol. The molecule has 2 heterocycles. The van der Waals surface area contributed by atoms with Crippen LogP contribution in [0.2, 0.25) is 0 Å². The molecule has 2 aliphatic heterocycles. The molecule has 5 nitrogen and oxygen atoms in total. The molecule has 2 aliphatic rings. The standard InChI is InChI=1S/C32H38N2O3/c1-36-28-14-12-26(13-15-28)32(35)34-22-27(30(23-34)29-10-6-7-11-31(29)37-2)21-33-18-16-25(17-19-33)20-24-8-4-3-5-9-24/h3-15,25,27,30H,16-23H2,1-2H3/t27-,30-/m1/s1. The molecule has 5 heteroatoms. The first-order valence-electron chi connectivity index (χ1n) is 13.5. The van der Waals surface area contributed by atoms with Crippen LogP contribution >= 0.6 is 0 Å². The molecule has 3 aromatic carbocycles. The van der Waals surface area contributed by atoms with Crippen molar-refractivity contribution in [1.29, 1.82) is 0 Å². The Morgan fingerprint density at radius 1 is 0.838 bits per heavy atom. The lowest BCUT2D eigenvalue weighted by Crippen LogP contribution is -2.39. The summed E-state index contributed by atoms with van der Waals surface area (Å²) >= 11 is 0. The zero-order valence-corrected chi connectivity index (χ0v) is 22.0. The van der Waals surface area contributed by atoms with Gasteiger partial charge in [0, 0.05) is 31.1 Å². The number of amides is 1. The second-order valence-corrected chi connectivity index (χ2v) is 10.5. The Balaban J connectivity index is 1.28. The number of ether oxygens (including phenoxy) is 2. The Morgan fingerprint density at radius 2 is 1.54 bits per heavy atom. The van der Waals surface area contributed by atoms with Gasteiger partial charge in [-0.25, -0.2) is 0 Å². The molecule has 0 saturated carbocycles. The predicted molar refractivity (Wildman–Crippen MR) is 147 cm³/mol. The molecule has 2 atom stereocenters. The van der Waals surface area contributed by atoms with Crippen molar-refractivity contribution in [1.82, 2.24) is 9.80 Å². The lowest BCUT2D eigenvalue weighted by Gasteiger charge is -2.35. The van der Waals surface area contributed by atoms with E-state index < -0.39 is 0 Å². The third kappa shape index (κ3) is 5.99. The van der Waals surface area contributed by atoms with E-state index in [-0.39, 0.29) is 11.8 Å². The third-order valence-electron chi connectivity index (χ3n) is 8.17. The lowest BCUT2D eigenvalue weighted by atomic mass is 9.86. The lowest BCUT2D eigenvalue weighted by molar-refractivity contribution is 0.0780. The normalized spacial score (nSPS) is 20.6. The zero-order valence-electron chi connectivity index (χ0n) is 22.0. The van der Waals surface area contributed by atoms with Gasteiger partial charge in [-0.2, -0.15) is 0 Å². The van der Waals surface area contributed by atoms with Crippen molar-refractivity contribution in [3.05, 3.63) is 95.6 Å². The SMILES string of the molecule is COc1ccc(C(=O)N2C[C@@H](CN3CCC(Cc4ccccc4)CC3)[C@H](c3ccccc3OC)C2)cc1. The average molecular weight is 499 g/mol. The minimum atomic E-state index is 0.0895. The van der Waals surface area contributed by atoms with Gasteiger partial charge in [-0.15, -0.1) is 0 Å². The second kappa shape index (κ2) is 11.8. The average Bonchev–Trinajstić information content (AvgIpc) is 3.37. The molecule has 2 saturated heterocycles. The second-order valence-electron chi connectivity index (χ2n) is 10.5. The first-order valence-corrected chi connectivity index (χ1v) is 13.5. The molecule has 194 valence electrons. The van der Waals surface area contributed by atoms with Crippen molar-refractivity contribution < 1.29 is 14.3 Å². The number of hydrogen-bond acceptors (Lipinski definition) is 4. The van der Waals surface area contributed by atoms with Gasteiger partial charge in [0.05, 0.1) is 14.2 Å². The predicted octanol–water partition coefficient (Wildman–Crippen LogP) is 5.51. The van der Waals surface area contributed by atoms with Crippen molar-refractivity contribution in [2.24, 2.45) is 11.8 Å². The van der Waals surface area contributed by atoms with Crippen LogP contribution in [0, 0.1) is 11.8 Å². The van der Waals surface area contributed by atoms with E-state index in [0.29, 0.717) is 18.0 Å². The molecule has 37 heavy (non-hydrogen) atoms. The first kappa shape index (κ1) is 25.3. The first-order chi connectivity index (χ1) is 18.1. The topological polar surface area (TPSA) is 42.0 Å². The van der Waals surface area contributed by atoms with E-state index in [1.165, 1.54) is 30.4 Å². The van der Waals surface area contributed by atoms with Crippen molar-refractivity contribution >= 4 is 5.91 Å². The molecule has 1 amide bonds. The van der Waals surface area contributed by atoms with E-state index in [0.717, 1.165) is 43.6 Å². The Bertz CT molecular complexity index is 1160. The summed E-state index contributed by atoms with van der Waals surface area (Å²) in [5.74, 6) is 3.13. The number of benzene rings is 3. The molecule has 5 rings (SSSR count). The van der Waals surface area contributed by atoms with Crippen molar-refractivity contribution in [2.45, 2.75) is 25.2 Å². The number of likely N-dealkylation sites (tertiary alicyclic amines) is 2. The number of methoxy groups -OCH3 is 2. The van der Waals surface area contributed by atoms with E-state index in [4.69, 9.17) is 9.47 Å². The van der Waals surface area contributed by atoms with E-state index >= 15 is 0 Å². The fourth-order valence-electron chi connectivity index (χ4n) is 6.12. The molecule has 0 spiro atoms. The molecule has 0 unspecified atom stereocenters. The summed E-state index contributed by atoms with van der Waals surface area (Å²) in [6.45, 7) is 4.73. The molecule has 0 bridgehead atoms. The highest BCUT2D eigenvalue weighted by molar-refractivity contribution is 5.94. The highest BCUT2D eigenvalue weighted by Gasteiger charge is 2.39. The Labute approximate surface area is 221 Å². The van der Waals surface area contributed by atoms with Gasteiger partial charge in [0.1, 0.15) is 11.5 Å². The number of hydrogen-bond donors (Lipinski definition) is 0. The van der Waals surface area contributed by atoms with Crippen LogP contribution in [0.25, 0.3) is 0 Å². The molecular weight excluding hydrogens is 460 g/mol. The summed E-state index contributed by atoms with van der Waals surface area (Å²) in [4.78, 5) is 18.1. The van der Waals surface area contributed by atoms with Crippen LogP contribution in [0.3, 0.4) is 0 Å². The maximum absolute atomic E-state index is 13.5. The number of nitrogens with zero attached hydrogens (tertiary/aromatic N) is 2. The van der Waals surface area contributed by atoms with E-state index in [2.05, 4.69) is 47.4 Å². The summed E-state index contributed by atoms with van der Waals surface area (Å²) in [5, 5.41) is 0. The molecule has 0 aromatic heterocycles. The van der Waals surface area contributed by atoms with E-state index in [9.17, 15) is 4.79 Å². The minimum Gasteiger partial charge on any atom is -0.497 e. The smallest absolute Gasteiger partial charge is 0.253 e. The van der Waals surface area contributed by atoms with Crippen LogP contribution in [0.4, 0.5) is 0 Å². The van der Waals surface area contributed by atoms with Crippen LogP contribution < -0.4 is 9.47 Å². The number of carbonyl (C=O) groups excluding carboxylic acids is 1. The summed E-state index contributed by atoms with van der Waals surface area (Å²) in [7, 11) is 3.38. The van der Waals surface area contributed by atoms with Gasteiger partial charge in [-0.05, 0) is 85.6 Å². The van der Waals surface area contributed by atoms with Crippen molar-refractivity contribution in [2.75, 3.05) is 46.9 Å². The highest BCUT2D eigenvalue weighted by Crippen LogP contribution is 2.39. The molecule has 3 aromatic rings. The summed E-state index contributed by atoms with van der Waals surface area (Å²) in [6.07, 6.45) is 3.64. The number of carbonyl (C=O) groups is 1. The van der Waals surface area contributed by atoms with Gasteiger partial charge in [0.2, 0.25) is 0 Å². The van der Waals surface area contributed by atoms with Crippen LogP contribution in [0.15, 0.2) is 78.9 Å².